The molecule has 110 valence electrons. The van der Waals surface area contributed by atoms with Gasteiger partial charge in [0, 0.05) is 29.7 Å². The quantitative estimate of drug-likeness (QED) is 0.895. The Labute approximate surface area is 127 Å². The molecule has 0 aromatic heterocycles. The standard InChI is InChI=1S/C14H17Cl2NO3/c15-11-5-10(6-12(16)7-11)13(19)14(20)17-3-1-9(8-17)2-4-18/h5-7,9,13,18-19H,1-4,8H2/t9-,13-/m1/s1. The van der Waals surface area contributed by atoms with E-state index in [-0.39, 0.29) is 12.5 Å². The molecular weight excluding hydrogens is 301 g/mol. The first-order valence-corrected chi connectivity index (χ1v) is 7.30. The molecule has 2 rings (SSSR count). The molecule has 0 saturated carbocycles. The highest BCUT2D eigenvalue weighted by molar-refractivity contribution is 6.34. The molecule has 1 saturated heterocycles. The number of likely N-dealkylation sites (tertiary alicyclic amines) is 1. The van der Waals surface area contributed by atoms with Crippen LogP contribution in [0.5, 0.6) is 0 Å². The summed E-state index contributed by atoms with van der Waals surface area (Å²) < 4.78 is 0. The first-order valence-electron chi connectivity index (χ1n) is 6.55. The molecule has 1 heterocycles. The molecule has 0 spiro atoms. The zero-order chi connectivity index (χ0) is 14.7. The molecule has 0 bridgehead atoms. The number of carbonyl (C=O) groups is 1. The maximum Gasteiger partial charge on any atom is 0.256 e. The second kappa shape index (κ2) is 6.76. The van der Waals surface area contributed by atoms with Crippen molar-refractivity contribution in [2.24, 2.45) is 5.92 Å². The van der Waals surface area contributed by atoms with Crippen LogP contribution < -0.4 is 0 Å². The van der Waals surface area contributed by atoms with E-state index in [9.17, 15) is 9.90 Å². The summed E-state index contributed by atoms with van der Waals surface area (Å²) in [6.07, 6.45) is 0.289. The monoisotopic (exact) mass is 317 g/mol. The predicted octanol–water partition coefficient (Wildman–Crippen LogP) is 2.26. The maximum atomic E-state index is 12.2. The summed E-state index contributed by atoms with van der Waals surface area (Å²) in [5.74, 6) is -0.0390. The fourth-order valence-corrected chi connectivity index (χ4v) is 3.04. The molecule has 20 heavy (non-hydrogen) atoms. The summed E-state index contributed by atoms with van der Waals surface area (Å²) in [5.41, 5.74) is 0.401. The van der Waals surface area contributed by atoms with Crippen molar-refractivity contribution < 1.29 is 15.0 Å². The number of nitrogens with zero attached hydrogens (tertiary/aromatic N) is 1. The zero-order valence-electron chi connectivity index (χ0n) is 10.9. The van der Waals surface area contributed by atoms with Crippen LogP contribution in [0.25, 0.3) is 0 Å². The lowest BCUT2D eigenvalue weighted by molar-refractivity contribution is -0.139. The van der Waals surface area contributed by atoms with Gasteiger partial charge in [0.2, 0.25) is 0 Å². The van der Waals surface area contributed by atoms with Crippen molar-refractivity contribution in [2.45, 2.75) is 18.9 Å². The second-order valence-corrected chi connectivity index (χ2v) is 5.93. The van der Waals surface area contributed by atoms with Gasteiger partial charge >= 0.3 is 0 Å². The number of hydrogen-bond donors (Lipinski definition) is 2. The number of benzene rings is 1. The topological polar surface area (TPSA) is 60.8 Å². The normalized spacial score (nSPS) is 20.2. The van der Waals surface area contributed by atoms with Gasteiger partial charge in [-0.1, -0.05) is 23.2 Å². The van der Waals surface area contributed by atoms with E-state index in [0.717, 1.165) is 6.42 Å². The molecule has 6 heteroatoms. The van der Waals surface area contributed by atoms with Crippen LogP contribution in [0.3, 0.4) is 0 Å². The number of hydrogen-bond acceptors (Lipinski definition) is 3. The van der Waals surface area contributed by atoms with E-state index < -0.39 is 6.10 Å². The van der Waals surface area contributed by atoms with Gasteiger partial charge in [-0.3, -0.25) is 4.79 Å². The molecule has 1 aromatic carbocycles. The number of carbonyl (C=O) groups excluding carboxylic acids is 1. The predicted molar refractivity (Wildman–Crippen MR) is 77.8 cm³/mol. The van der Waals surface area contributed by atoms with E-state index >= 15 is 0 Å². The third-order valence-electron chi connectivity index (χ3n) is 3.57. The van der Waals surface area contributed by atoms with Crippen molar-refractivity contribution in [2.75, 3.05) is 19.7 Å². The van der Waals surface area contributed by atoms with E-state index in [1.807, 2.05) is 0 Å². The lowest BCUT2D eigenvalue weighted by atomic mass is 10.1. The first kappa shape index (κ1) is 15.6. The molecule has 1 aromatic rings. The summed E-state index contributed by atoms with van der Waals surface area (Å²) >= 11 is 11.7. The van der Waals surface area contributed by atoms with Crippen LogP contribution in [-0.4, -0.2) is 40.7 Å². The molecule has 1 fully saturated rings. The van der Waals surface area contributed by atoms with Crippen molar-refractivity contribution in [3.05, 3.63) is 33.8 Å². The van der Waals surface area contributed by atoms with E-state index in [1.54, 1.807) is 11.0 Å². The van der Waals surface area contributed by atoms with Crippen molar-refractivity contribution in [3.8, 4) is 0 Å². The molecule has 1 aliphatic rings. The Bertz CT molecular complexity index is 475. The Morgan fingerprint density at radius 3 is 2.60 bits per heavy atom. The zero-order valence-corrected chi connectivity index (χ0v) is 12.4. The molecule has 1 amide bonds. The molecule has 0 radical (unpaired) electrons. The Morgan fingerprint density at radius 2 is 2.00 bits per heavy atom. The average molecular weight is 318 g/mol. The van der Waals surface area contributed by atoms with Crippen LogP contribution in [0.15, 0.2) is 18.2 Å². The minimum atomic E-state index is -1.25. The van der Waals surface area contributed by atoms with Crippen molar-refractivity contribution in [3.63, 3.8) is 0 Å². The number of amides is 1. The Morgan fingerprint density at radius 1 is 1.35 bits per heavy atom. The molecular formula is C14H17Cl2NO3. The molecule has 0 unspecified atom stereocenters. The fourth-order valence-electron chi connectivity index (χ4n) is 2.50. The van der Waals surface area contributed by atoms with E-state index in [1.165, 1.54) is 12.1 Å². The number of rotatable bonds is 4. The Kier molecular flexibility index (Phi) is 5.27. The minimum Gasteiger partial charge on any atom is -0.396 e. The summed E-state index contributed by atoms with van der Waals surface area (Å²) in [6, 6.07) is 4.63. The Hall–Kier alpha value is -0.810. The third-order valence-corrected chi connectivity index (χ3v) is 4.01. The maximum absolute atomic E-state index is 12.2. The summed E-state index contributed by atoms with van der Waals surface area (Å²) in [5, 5.41) is 19.9. The molecule has 0 aliphatic carbocycles. The molecule has 1 aliphatic heterocycles. The number of halogens is 2. The van der Waals surface area contributed by atoms with Gasteiger partial charge in [0.25, 0.3) is 5.91 Å². The van der Waals surface area contributed by atoms with E-state index in [0.29, 0.717) is 41.0 Å². The van der Waals surface area contributed by atoms with Crippen LogP contribution >= 0.6 is 23.2 Å². The van der Waals surface area contributed by atoms with Crippen LogP contribution in [0, 0.1) is 5.92 Å². The Balaban J connectivity index is 2.05. The molecule has 2 N–H and O–H groups in total. The first-order chi connectivity index (χ1) is 9.51. The molecule has 4 nitrogen and oxygen atoms in total. The summed E-state index contributed by atoms with van der Waals surface area (Å²) in [4.78, 5) is 13.9. The molecule has 2 atom stereocenters. The highest BCUT2D eigenvalue weighted by atomic mass is 35.5. The summed E-state index contributed by atoms with van der Waals surface area (Å²) in [6.45, 7) is 1.30. The van der Waals surface area contributed by atoms with Gasteiger partial charge < -0.3 is 15.1 Å². The number of aliphatic hydroxyl groups is 2. The van der Waals surface area contributed by atoms with Crippen LogP contribution in [-0.2, 0) is 4.79 Å². The average Bonchev–Trinajstić information content (AvgIpc) is 2.85. The van der Waals surface area contributed by atoms with E-state index in [4.69, 9.17) is 28.3 Å². The lowest BCUT2D eigenvalue weighted by Gasteiger charge is -2.20. The van der Waals surface area contributed by atoms with E-state index in [2.05, 4.69) is 0 Å². The van der Waals surface area contributed by atoms with Crippen LogP contribution in [0.2, 0.25) is 10.0 Å². The van der Waals surface area contributed by atoms with Crippen molar-refractivity contribution >= 4 is 29.1 Å². The van der Waals surface area contributed by atoms with Gasteiger partial charge in [-0.25, -0.2) is 0 Å². The van der Waals surface area contributed by atoms with Crippen LogP contribution in [0.1, 0.15) is 24.5 Å². The van der Waals surface area contributed by atoms with Gasteiger partial charge in [-0.15, -0.1) is 0 Å². The highest BCUT2D eigenvalue weighted by Gasteiger charge is 2.30. The largest absolute Gasteiger partial charge is 0.396 e. The smallest absolute Gasteiger partial charge is 0.256 e. The van der Waals surface area contributed by atoms with Crippen molar-refractivity contribution in [1.82, 2.24) is 4.90 Å². The van der Waals surface area contributed by atoms with Crippen LogP contribution in [0.4, 0.5) is 0 Å². The lowest BCUT2D eigenvalue weighted by Crippen LogP contribution is -2.33. The summed E-state index contributed by atoms with van der Waals surface area (Å²) in [7, 11) is 0. The van der Waals surface area contributed by atoms with Gasteiger partial charge in [-0.2, -0.15) is 0 Å². The number of aliphatic hydroxyl groups excluding tert-OH is 2. The second-order valence-electron chi connectivity index (χ2n) is 5.06. The van der Waals surface area contributed by atoms with Gasteiger partial charge in [0.1, 0.15) is 0 Å². The van der Waals surface area contributed by atoms with Gasteiger partial charge in [0.05, 0.1) is 0 Å². The van der Waals surface area contributed by atoms with Gasteiger partial charge in [-0.05, 0) is 42.5 Å². The highest BCUT2D eigenvalue weighted by Crippen LogP contribution is 2.27. The van der Waals surface area contributed by atoms with Crippen molar-refractivity contribution in [1.29, 1.82) is 0 Å². The third kappa shape index (κ3) is 3.64. The fraction of sp³-hybridized carbons (Fsp3) is 0.500. The van der Waals surface area contributed by atoms with Gasteiger partial charge in [0.15, 0.2) is 6.10 Å². The SMILES string of the molecule is O=C([C@H](O)c1cc(Cl)cc(Cl)c1)N1CC[C@H](CCO)C1. The minimum absolute atomic E-state index is 0.124.